The molecule has 0 saturated carbocycles. The fourth-order valence-electron chi connectivity index (χ4n) is 2.26. The zero-order valence-electron chi connectivity index (χ0n) is 17.1. The molecule has 0 atom stereocenters. The molecule has 0 N–H and O–H groups in total. The summed E-state index contributed by atoms with van der Waals surface area (Å²) in [5.41, 5.74) is -1.43. The second kappa shape index (κ2) is 14.9. The topological polar surface area (TPSA) is 69.7 Å². The van der Waals surface area contributed by atoms with Gasteiger partial charge in [-0.05, 0) is 20.3 Å². The van der Waals surface area contributed by atoms with Crippen molar-refractivity contribution in [2.45, 2.75) is 97.5 Å². The Balaban J connectivity index is -0.00000242. The fourth-order valence-corrected chi connectivity index (χ4v) is 2.26. The summed E-state index contributed by atoms with van der Waals surface area (Å²) in [6.45, 7) is 6.22. The van der Waals surface area contributed by atoms with Crippen LogP contribution in [0.2, 0.25) is 0 Å². The first-order valence-corrected chi connectivity index (χ1v) is 8.74. The Hall–Kier alpha value is -0.390. The van der Waals surface area contributed by atoms with Gasteiger partial charge in [0.15, 0.2) is 0 Å². The predicted molar refractivity (Wildman–Crippen MR) is 89.9 cm³/mol. The van der Waals surface area contributed by atoms with Crippen LogP contribution in [0.25, 0.3) is 0 Å². The van der Waals surface area contributed by atoms with Crippen LogP contribution >= 0.6 is 0 Å². The van der Waals surface area contributed by atoms with E-state index < -0.39 is 23.5 Å². The third kappa shape index (κ3) is 14.0. The van der Waals surface area contributed by atoms with Gasteiger partial charge in [0.05, 0.1) is 0 Å². The zero-order valence-corrected chi connectivity index (χ0v) is 18.1. The van der Waals surface area contributed by atoms with Gasteiger partial charge in [0.25, 0.3) is 0 Å². The maximum Gasteiger partial charge on any atom is 1.00 e. The molecule has 24 heavy (non-hydrogen) atoms. The van der Waals surface area contributed by atoms with Crippen LogP contribution in [0.4, 0.5) is 0 Å². The number of carbonyl (C=O) groups is 3. The van der Waals surface area contributed by atoms with Gasteiger partial charge in [-0.3, -0.25) is 9.59 Å². The Kier molecular flexibility index (Phi) is 16.1. The molecule has 0 unspecified atom stereocenters. The van der Waals surface area contributed by atoms with Crippen LogP contribution in [-0.2, 0) is 23.9 Å². The third-order valence-corrected chi connectivity index (χ3v) is 3.58. The molecule has 0 spiro atoms. The molecule has 0 heterocycles. The second-order valence-corrected chi connectivity index (χ2v) is 6.44. The van der Waals surface area contributed by atoms with Crippen LogP contribution in [0.3, 0.4) is 0 Å². The van der Waals surface area contributed by atoms with Gasteiger partial charge in [-0.15, -0.1) is 0 Å². The van der Waals surface area contributed by atoms with Crippen molar-refractivity contribution in [3.8, 4) is 0 Å². The van der Waals surface area contributed by atoms with Crippen LogP contribution in [0.5, 0.6) is 0 Å². The van der Waals surface area contributed by atoms with Gasteiger partial charge in [0.1, 0.15) is 0 Å². The van der Waals surface area contributed by atoms with Gasteiger partial charge in [0.2, 0.25) is 5.60 Å². The van der Waals surface area contributed by atoms with E-state index in [9.17, 15) is 14.4 Å². The maximum atomic E-state index is 11.8. The van der Waals surface area contributed by atoms with Gasteiger partial charge in [-0.2, -0.15) is 0 Å². The van der Waals surface area contributed by atoms with E-state index in [1.807, 2.05) is 0 Å². The van der Waals surface area contributed by atoms with E-state index in [1.165, 1.54) is 59.3 Å². The van der Waals surface area contributed by atoms with Gasteiger partial charge in [-0.25, -0.2) is 4.79 Å². The smallest absolute Gasteiger partial charge is 1.00 e. The quantitative estimate of drug-likeness (QED) is 0.230. The Morgan fingerprint density at radius 2 is 1.33 bits per heavy atom. The number of rotatable bonds is 12. The van der Waals surface area contributed by atoms with Crippen LogP contribution in [-0.4, -0.2) is 23.5 Å². The number of ether oxygens (including phenoxy) is 2. The molecule has 0 rings (SSSR count). The Morgan fingerprint density at radius 3 is 1.79 bits per heavy atom. The molecule has 0 aliphatic rings. The summed E-state index contributed by atoms with van der Waals surface area (Å²) in [7, 11) is 0. The van der Waals surface area contributed by atoms with E-state index in [4.69, 9.17) is 9.47 Å². The van der Waals surface area contributed by atoms with Gasteiger partial charge < -0.3 is 10.9 Å². The monoisotopic (exact) mass is 352 g/mol. The molecule has 0 amide bonds. The van der Waals surface area contributed by atoms with Gasteiger partial charge >= 0.3 is 47.5 Å². The average molecular weight is 352 g/mol. The minimum Gasteiger partial charge on any atom is -1.00 e. The zero-order chi connectivity index (χ0) is 17.7. The first kappa shape index (κ1) is 25.8. The Bertz CT molecular complexity index is 386. The molecule has 0 aromatic carbocycles. The molecule has 0 bridgehead atoms. The Morgan fingerprint density at radius 1 is 0.875 bits per heavy atom. The number of esters is 3. The molecule has 136 valence electrons. The van der Waals surface area contributed by atoms with Crippen LogP contribution in [0, 0.1) is 0 Å². The number of hydrogen-bond acceptors (Lipinski definition) is 5. The molecule has 5 nitrogen and oxygen atoms in total. The van der Waals surface area contributed by atoms with E-state index in [0.717, 1.165) is 19.3 Å². The first-order chi connectivity index (χ1) is 10.8. The van der Waals surface area contributed by atoms with E-state index in [0.29, 0.717) is 0 Å². The summed E-state index contributed by atoms with van der Waals surface area (Å²) < 4.78 is 9.57. The van der Waals surface area contributed by atoms with Crippen LogP contribution in [0.1, 0.15) is 93.3 Å². The summed E-state index contributed by atoms with van der Waals surface area (Å²) >= 11 is 0. The molecule has 0 radical (unpaired) electrons. The first-order valence-electron chi connectivity index (χ1n) is 8.74. The minimum absolute atomic E-state index is 0. The van der Waals surface area contributed by atoms with Crippen LogP contribution in [0.15, 0.2) is 0 Å². The number of carbonyl (C=O) groups excluding carboxylic acids is 3. The second-order valence-electron chi connectivity index (χ2n) is 6.44. The molecule has 6 heteroatoms. The summed E-state index contributed by atoms with van der Waals surface area (Å²) in [6, 6.07) is 0. The standard InChI is InChI=1S/C18H32O5.Na.H/c1-5-6-7-8-9-10-11-12-13-14-16(20)22-17(21)18(3,4)23-15(2)19;;/h5-14H2,1-4H3;;/q;+1;-1. The van der Waals surface area contributed by atoms with Gasteiger partial charge in [0, 0.05) is 13.3 Å². The van der Waals surface area contributed by atoms with Gasteiger partial charge in [-0.1, -0.05) is 58.3 Å². The number of unbranched alkanes of at least 4 members (excludes halogenated alkanes) is 8. The van der Waals surface area contributed by atoms with E-state index >= 15 is 0 Å². The molecule has 0 aromatic rings. The molecule has 0 aliphatic heterocycles. The van der Waals surface area contributed by atoms with E-state index in [-0.39, 0.29) is 37.4 Å². The molecular formula is C18H33NaO5. The Labute approximate surface area is 170 Å². The molecule has 0 aromatic heterocycles. The van der Waals surface area contributed by atoms with Crippen molar-refractivity contribution >= 4 is 17.9 Å². The summed E-state index contributed by atoms with van der Waals surface area (Å²) in [5.74, 6) is -1.97. The van der Waals surface area contributed by atoms with Crippen molar-refractivity contribution in [1.29, 1.82) is 0 Å². The SMILES string of the molecule is CCCCCCCCCCCC(=O)OC(=O)C(C)(C)OC(C)=O.[H-].[Na+]. The third-order valence-electron chi connectivity index (χ3n) is 3.58. The fraction of sp³-hybridized carbons (Fsp3) is 0.833. The number of hydrogen-bond donors (Lipinski definition) is 0. The van der Waals surface area contributed by atoms with Crippen molar-refractivity contribution in [1.82, 2.24) is 0 Å². The minimum atomic E-state index is -1.43. The van der Waals surface area contributed by atoms with Crippen molar-refractivity contribution in [2.24, 2.45) is 0 Å². The summed E-state index contributed by atoms with van der Waals surface area (Å²) in [5, 5.41) is 0. The van der Waals surface area contributed by atoms with E-state index in [1.54, 1.807) is 0 Å². The summed E-state index contributed by atoms with van der Waals surface area (Å²) in [6.07, 6.45) is 10.6. The maximum absolute atomic E-state index is 11.8. The summed E-state index contributed by atoms with van der Waals surface area (Å²) in [4.78, 5) is 34.3. The van der Waals surface area contributed by atoms with Crippen LogP contribution < -0.4 is 29.6 Å². The van der Waals surface area contributed by atoms with Crippen molar-refractivity contribution in [3.63, 3.8) is 0 Å². The van der Waals surface area contributed by atoms with Crippen molar-refractivity contribution in [2.75, 3.05) is 0 Å². The van der Waals surface area contributed by atoms with Crippen molar-refractivity contribution < 1.29 is 54.8 Å². The van der Waals surface area contributed by atoms with Crippen molar-refractivity contribution in [3.05, 3.63) is 0 Å². The predicted octanol–water partition coefficient (Wildman–Crippen LogP) is 1.44. The molecule has 0 aliphatic carbocycles. The average Bonchev–Trinajstić information content (AvgIpc) is 2.44. The largest absolute Gasteiger partial charge is 1.00 e. The normalized spacial score (nSPS) is 10.7. The molecule has 0 saturated heterocycles. The van der Waals surface area contributed by atoms with E-state index in [2.05, 4.69) is 6.92 Å². The molecule has 0 fully saturated rings. The molecular weight excluding hydrogens is 319 g/mol.